The van der Waals surface area contributed by atoms with E-state index in [2.05, 4.69) is 0 Å². The maximum absolute atomic E-state index is 12.8. The molecular formula is C16H21NO4. The predicted octanol–water partition coefficient (Wildman–Crippen LogP) is 2.41. The Morgan fingerprint density at radius 3 is 2.76 bits per heavy atom. The average molecular weight is 291 g/mol. The molecule has 1 aliphatic heterocycles. The molecule has 2 atom stereocenters. The van der Waals surface area contributed by atoms with Crippen molar-refractivity contribution in [3.63, 3.8) is 0 Å². The van der Waals surface area contributed by atoms with Gasteiger partial charge in [-0.05, 0) is 30.9 Å². The first kappa shape index (κ1) is 15.4. The highest BCUT2D eigenvalue weighted by Crippen LogP contribution is 2.29. The summed E-state index contributed by atoms with van der Waals surface area (Å²) >= 11 is 0. The third-order valence-electron chi connectivity index (χ3n) is 4.10. The number of methoxy groups -OCH3 is 1. The molecule has 0 spiro atoms. The number of para-hydroxylation sites is 1. The summed E-state index contributed by atoms with van der Waals surface area (Å²) in [6.07, 6.45) is 1.84. The lowest BCUT2D eigenvalue weighted by Gasteiger charge is -2.39. The molecule has 1 fully saturated rings. The van der Waals surface area contributed by atoms with Crippen molar-refractivity contribution in [1.82, 2.24) is 4.90 Å². The summed E-state index contributed by atoms with van der Waals surface area (Å²) in [7, 11) is 1.53. The Balaban J connectivity index is 2.28. The molecule has 0 saturated carbocycles. The number of nitrogens with zero attached hydrogens (tertiary/aromatic N) is 1. The van der Waals surface area contributed by atoms with E-state index in [4.69, 9.17) is 9.84 Å². The van der Waals surface area contributed by atoms with Gasteiger partial charge in [0.05, 0.1) is 19.1 Å². The largest absolute Gasteiger partial charge is 0.496 e. The molecule has 1 saturated heterocycles. The topological polar surface area (TPSA) is 66.8 Å². The molecule has 0 aromatic heterocycles. The molecule has 2 unspecified atom stereocenters. The second kappa shape index (κ2) is 6.61. The van der Waals surface area contributed by atoms with Crippen LogP contribution >= 0.6 is 0 Å². The Morgan fingerprint density at radius 2 is 2.10 bits per heavy atom. The molecule has 0 aliphatic carbocycles. The summed E-state index contributed by atoms with van der Waals surface area (Å²) in [6.45, 7) is 2.61. The maximum Gasteiger partial charge on any atom is 0.305 e. The number of benzene rings is 1. The fraction of sp³-hybridized carbons (Fsp3) is 0.500. The van der Waals surface area contributed by atoms with E-state index in [0.29, 0.717) is 17.9 Å². The smallest absolute Gasteiger partial charge is 0.305 e. The monoisotopic (exact) mass is 291 g/mol. The Bertz CT molecular complexity index is 529. The third kappa shape index (κ3) is 3.35. The lowest BCUT2D eigenvalue weighted by molar-refractivity contribution is -0.138. The van der Waals surface area contributed by atoms with Crippen molar-refractivity contribution in [1.29, 1.82) is 0 Å². The Labute approximate surface area is 124 Å². The number of aliphatic carboxylic acids is 1. The number of ether oxygens (including phenoxy) is 1. The normalized spacial score (nSPS) is 21.9. The van der Waals surface area contributed by atoms with Gasteiger partial charge in [-0.2, -0.15) is 0 Å². The van der Waals surface area contributed by atoms with E-state index in [1.165, 1.54) is 7.11 Å². The van der Waals surface area contributed by atoms with Gasteiger partial charge in [0, 0.05) is 12.6 Å². The zero-order valence-electron chi connectivity index (χ0n) is 12.4. The molecule has 1 aliphatic rings. The maximum atomic E-state index is 12.8. The Morgan fingerprint density at radius 1 is 1.38 bits per heavy atom. The molecule has 1 aromatic rings. The van der Waals surface area contributed by atoms with E-state index in [9.17, 15) is 9.59 Å². The summed E-state index contributed by atoms with van der Waals surface area (Å²) in [5, 5.41) is 9.09. The van der Waals surface area contributed by atoms with Crippen LogP contribution in [0.2, 0.25) is 0 Å². The van der Waals surface area contributed by atoms with Gasteiger partial charge in [-0.1, -0.05) is 19.1 Å². The number of hydrogen-bond acceptors (Lipinski definition) is 3. The molecule has 1 N–H and O–H groups in total. The Hall–Kier alpha value is -2.04. The average Bonchev–Trinajstić information content (AvgIpc) is 2.48. The Kier molecular flexibility index (Phi) is 4.83. The van der Waals surface area contributed by atoms with Crippen LogP contribution in [-0.2, 0) is 4.79 Å². The van der Waals surface area contributed by atoms with Crippen LogP contribution in [0.1, 0.15) is 36.5 Å². The molecule has 2 rings (SSSR count). The van der Waals surface area contributed by atoms with E-state index < -0.39 is 5.97 Å². The quantitative estimate of drug-likeness (QED) is 0.925. The third-order valence-corrected chi connectivity index (χ3v) is 4.10. The number of carbonyl (C=O) groups excluding carboxylic acids is 1. The van der Waals surface area contributed by atoms with Crippen LogP contribution in [-0.4, -0.2) is 41.6 Å². The molecule has 1 amide bonds. The number of hydrogen-bond donors (Lipinski definition) is 1. The van der Waals surface area contributed by atoms with Crippen molar-refractivity contribution < 1.29 is 19.4 Å². The van der Waals surface area contributed by atoms with Crippen LogP contribution in [0.15, 0.2) is 24.3 Å². The van der Waals surface area contributed by atoms with Crippen LogP contribution in [0.25, 0.3) is 0 Å². The van der Waals surface area contributed by atoms with E-state index in [-0.39, 0.29) is 24.3 Å². The van der Waals surface area contributed by atoms with E-state index >= 15 is 0 Å². The van der Waals surface area contributed by atoms with Crippen LogP contribution in [0.4, 0.5) is 0 Å². The summed E-state index contributed by atoms with van der Waals surface area (Å²) in [5.41, 5.74) is 0.490. The molecule has 1 aromatic carbocycles. The zero-order chi connectivity index (χ0) is 15.4. The lowest BCUT2D eigenvalue weighted by atomic mass is 9.88. The van der Waals surface area contributed by atoms with Gasteiger partial charge in [0.2, 0.25) is 0 Å². The van der Waals surface area contributed by atoms with Gasteiger partial charge in [0.25, 0.3) is 5.91 Å². The number of amides is 1. The molecule has 5 heteroatoms. The SMILES string of the molecule is COc1ccccc1C(=O)N1CCCC(C)C1CC(=O)O. The van der Waals surface area contributed by atoms with Crippen molar-refractivity contribution in [2.45, 2.75) is 32.2 Å². The molecule has 0 bridgehead atoms. The fourth-order valence-electron chi connectivity index (χ4n) is 2.97. The van der Waals surface area contributed by atoms with Gasteiger partial charge < -0.3 is 14.7 Å². The first-order valence-electron chi connectivity index (χ1n) is 7.20. The number of likely N-dealkylation sites (tertiary alicyclic amines) is 1. The van der Waals surface area contributed by atoms with E-state index in [1.807, 2.05) is 13.0 Å². The van der Waals surface area contributed by atoms with Crippen molar-refractivity contribution in [2.75, 3.05) is 13.7 Å². The van der Waals surface area contributed by atoms with Gasteiger partial charge in [-0.15, -0.1) is 0 Å². The minimum Gasteiger partial charge on any atom is -0.496 e. The van der Waals surface area contributed by atoms with Crippen LogP contribution < -0.4 is 4.74 Å². The van der Waals surface area contributed by atoms with Crippen LogP contribution in [0.5, 0.6) is 5.75 Å². The van der Waals surface area contributed by atoms with Gasteiger partial charge in [0.1, 0.15) is 5.75 Å². The summed E-state index contributed by atoms with van der Waals surface area (Å²) in [5.74, 6) is -0.305. The molecule has 114 valence electrons. The van der Waals surface area contributed by atoms with Gasteiger partial charge in [0.15, 0.2) is 0 Å². The minimum absolute atomic E-state index is 0.0118. The second-order valence-electron chi connectivity index (χ2n) is 5.48. The molecule has 21 heavy (non-hydrogen) atoms. The van der Waals surface area contributed by atoms with Crippen molar-refractivity contribution >= 4 is 11.9 Å². The molecule has 0 radical (unpaired) electrons. The molecule has 1 heterocycles. The van der Waals surface area contributed by atoms with Crippen molar-refractivity contribution in [3.05, 3.63) is 29.8 Å². The molecular weight excluding hydrogens is 270 g/mol. The second-order valence-corrected chi connectivity index (χ2v) is 5.48. The van der Waals surface area contributed by atoms with Gasteiger partial charge >= 0.3 is 5.97 Å². The predicted molar refractivity (Wildman–Crippen MR) is 78.5 cm³/mol. The highest BCUT2D eigenvalue weighted by Gasteiger charge is 2.34. The van der Waals surface area contributed by atoms with E-state index in [0.717, 1.165) is 12.8 Å². The summed E-state index contributed by atoms with van der Waals surface area (Å²) in [6, 6.07) is 6.80. The number of rotatable bonds is 4. The number of carboxylic acids is 1. The van der Waals surface area contributed by atoms with Crippen LogP contribution in [0, 0.1) is 5.92 Å². The first-order valence-corrected chi connectivity index (χ1v) is 7.20. The van der Waals surface area contributed by atoms with Crippen LogP contribution in [0.3, 0.4) is 0 Å². The minimum atomic E-state index is -0.869. The summed E-state index contributed by atoms with van der Waals surface area (Å²) < 4.78 is 5.24. The standard InChI is InChI=1S/C16H21NO4/c1-11-6-5-9-17(13(11)10-15(18)19)16(20)12-7-3-4-8-14(12)21-2/h3-4,7-8,11,13H,5-6,9-10H2,1-2H3,(H,18,19). The highest BCUT2D eigenvalue weighted by molar-refractivity contribution is 5.97. The number of carbonyl (C=O) groups is 2. The number of piperidine rings is 1. The lowest BCUT2D eigenvalue weighted by Crippen LogP contribution is -2.48. The highest BCUT2D eigenvalue weighted by atomic mass is 16.5. The summed E-state index contributed by atoms with van der Waals surface area (Å²) in [4.78, 5) is 25.5. The van der Waals surface area contributed by atoms with Crippen molar-refractivity contribution in [2.24, 2.45) is 5.92 Å². The van der Waals surface area contributed by atoms with Gasteiger partial charge in [-0.3, -0.25) is 9.59 Å². The zero-order valence-corrected chi connectivity index (χ0v) is 12.4. The first-order chi connectivity index (χ1) is 10.0. The van der Waals surface area contributed by atoms with E-state index in [1.54, 1.807) is 23.1 Å². The number of carboxylic acid groups (broad SMARTS) is 1. The molecule has 5 nitrogen and oxygen atoms in total. The fourth-order valence-corrected chi connectivity index (χ4v) is 2.97. The van der Waals surface area contributed by atoms with Crippen molar-refractivity contribution in [3.8, 4) is 5.75 Å². The van der Waals surface area contributed by atoms with Gasteiger partial charge in [-0.25, -0.2) is 0 Å².